The van der Waals surface area contributed by atoms with Gasteiger partial charge in [0.2, 0.25) is 0 Å². The summed E-state index contributed by atoms with van der Waals surface area (Å²) in [6.07, 6.45) is 12.2. The summed E-state index contributed by atoms with van der Waals surface area (Å²) in [4.78, 5) is 0. The average molecular weight is 432 g/mol. The van der Waals surface area contributed by atoms with E-state index in [0.717, 1.165) is 50.9 Å². The first kappa shape index (κ1) is 23.8. The van der Waals surface area contributed by atoms with Crippen LogP contribution in [-0.4, -0.2) is 41.2 Å². The first-order valence-electron chi connectivity index (χ1n) is 13.0. The predicted molar refractivity (Wildman–Crippen MR) is 126 cm³/mol. The van der Waals surface area contributed by atoms with Gasteiger partial charge in [-0.3, -0.25) is 0 Å². The Balaban J connectivity index is 1.54. The van der Waals surface area contributed by atoms with Crippen molar-refractivity contribution in [2.75, 3.05) is 0 Å². The minimum Gasteiger partial charge on any atom is -0.430 e. The highest BCUT2D eigenvalue weighted by Crippen LogP contribution is 2.67. The van der Waals surface area contributed by atoms with Crippen LogP contribution in [0.1, 0.15) is 91.9 Å². The SMILES string of the molecule is CC(C)CC[C@@H](O)[C@H](OBO)C1CCC2C3CC=C4CC(O)CC[C@@]4(C)C3CC[C@]21C. The molecule has 5 unspecified atom stereocenters. The molecule has 4 aliphatic rings. The molecular weight excluding hydrogens is 387 g/mol. The Kier molecular flexibility index (Phi) is 7.00. The third-order valence-electron chi connectivity index (χ3n) is 10.2. The van der Waals surface area contributed by atoms with Gasteiger partial charge < -0.3 is 19.9 Å². The molecule has 0 aliphatic heterocycles. The van der Waals surface area contributed by atoms with Crippen molar-refractivity contribution in [2.45, 2.75) is 110 Å². The van der Waals surface area contributed by atoms with Crippen LogP contribution >= 0.6 is 0 Å². The van der Waals surface area contributed by atoms with Crippen LogP contribution in [0.4, 0.5) is 0 Å². The number of hydrogen-bond donors (Lipinski definition) is 3. The molecule has 0 aromatic carbocycles. The first-order valence-corrected chi connectivity index (χ1v) is 13.0. The van der Waals surface area contributed by atoms with Gasteiger partial charge in [-0.2, -0.15) is 0 Å². The second kappa shape index (κ2) is 9.12. The Labute approximate surface area is 190 Å². The smallest absolute Gasteiger partial charge is 0.430 e. The molecule has 3 saturated carbocycles. The predicted octanol–water partition coefficient (Wildman–Crippen LogP) is 4.37. The largest absolute Gasteiger partial charge is 0.435 e. The zero-order valence-corrected chi connectivity index (χ0v) is 20.2. The van der Waals surface area contributed by atoms with Crippen LogP contribution in [0.25, 0.3) is 0 Å². The highest BCUT2D eigenvalue weighted by molar-refractivity contribution is 6.15. The Hall–Kier alpha value is -0.355. The van der Waals surface area contributed by atoms with E-state index in [2.05, 4.69) is 33.8 Å². The van der Waals surface area contributed by atoms with Crippen molar-refractivity contribution in [2.24, 2.45) is 40.4 Å². The summed E-state index contributed by atoms with van der Waals surface area (Å²) >= 11 is 0. The highest BCUT2D eigenvalue weighted by atomic mass is 16.5. The Morgan fingerprint density at radius 2 is 1.87 bits per heavy atom. The van der Waals surface area contributed by atoms with Crippen molar-refractivity contribution in [3.05, 3.63) is 11.6 Å². The van der Waals surface area contributed by atoms with Crippen molar-refractivity contribution in [3.63, 3.8) is 0 Å². The van der Waals surface area contributed by atoms with Gasteiger partial charge in [0.05, 0.1) is 18.3 Å². The maximum atomic E-state index is 11.0. The van der Waals surface area contributed by atoms with Gasteiger partial charge in [0.25, 0.3) is 0 Å². The van der Waals surface area contributed by atoms with Crippen LogP contribution in [0.15, 0.2) is 11.6 Å². The van der Waals surface area contributed by atoms with Gasteiger partial charge in [-0.05, 0) is 105 Å². The molecule has 0 heterocycles. The molecule has 0 aromatic rings. The number of hydrogen-bond acceptors (Lipinski definition) is 4. The molecule has 9 atom stereocenters. The summed E-state index contributed by atoms with van der Waals surface area (Å²) in [5, 5.41) is 30.9. The molecule has 0 aromatic heterocycles. The Morgan fingerprint density at radius 3 is 2.58 bits per heavy atom. The van der Waals surface area contributed by atoms with E-state index >= 15 is 0 Å². The van der Waals surface area contributed by atoms with Crippen molar-refractivity contribution in [1.29, 1.82) is 0 Å². The zero-order valence-electron chi connectivity index (χ0n) is 20.2. The van der Waals surface area contributed by atoms with Crippen LogP contribution < -0.4 is 0 Å². The lowest BCUT2D eigenvalue weighted by Crippen LogP contribution is -2.52. The second-order valence-electron chi connectivity index (χ2n) is 12.2. The zero-order chi connectivity index (χ0) is 22.4. The molecule has 4 aliphatic carbocycles. The summed E-state index contributed by atoms with van der Waals surface area (Å²) < 4.78 is 5.85. The molecule has 0 spiro atoms. The van der Waals surface area contributed by atoms with Gasteiger partial charge in [0.1, 0.15) is 0 Å². The van der Waals surface area contributed by atoms with Crippen molar-refractivity contribution < 1.29 is 19.9 Å². The topological polar surface area (TPSA) is 69.9 Å². The Bertz CT molecular complexity index is 666. The number of aliphatic hydroxyl groups excluding tert-OH is 2. The third-order valence-corrected chi connectivity index (χ3v) is 10.2. The lowest BCUT2D eigenvalue weighted by Gasteiger charge is -2.58. The van der Waals surface area contributed by atoms with Gasteiger partial charge in [0, 0.05) is 0 Å². The maximum Gasteiger partial charge on any atom is 0.435 e. The fourth-order valence-corrected chi connectivity index (χ4v) is 8.47. The van der Waals surface area contributed by atoms with E-state index in [-0.39, 0.29) is 30.7 Å². The number of aliphatic hydroxyl groups is 2. The lowest BCUT2D eigenvalue weighted by atomic mass is 9.47. The minimum atomic E-state index is -0.497. The molecule has 4 rings (SSSR count). The van der Waals surface area contributed by atoms with Crippen LogP contribution in [0.5, 0.6) is 0 Å². The fourth-order valence-electron chi connectivity index (χ4n) is 8.47. The third kappa shape index (κ3) is 4.18. The van der Waals surface area contributed by atoms with Crippen molar-refractivity contribution >= 4 is 7.69 Å². The standard InChI is InChI=1S/C26H45BO4/c1-16(2)5-10-23(29)24(31-27-30)22-9-8-20-19-7-6-17-15-18(28)11-13-25(17,3)21(19)12-14-26(20,22)4/h6,16,18-24,27-30H,5,7-15H2,1-4H3/t18?,19?,20?,21?,22?,23-,24-,25-,26-/m1/s1. The molecule has 0 saturated heterocycles. The molecule has 31 heavy (non-hydrogen) atoms. The van der Waals surface area contributed by atoms with Crippen molar-refractivity contribution in [3.8, 4) is 0 Å². The normalized spacial score (nSPS) is 44.1. The van der Waals surface area contributed by atoms with E-state index in [9.17, 15) is 15.2 Å². The van der Waals surface area contributed by atoms with Crippen molar-refractivity contribution in [1.82, 2.24) is 0 Å². The van der Waals surface area contributed by atoms with Crippen LogP contribution in [-0.2, 0) is 4.65 Å². The summed E-state index contributed by atoms with van der Waals surface area (Å²) in [6, 6.07) is 0. The van der Waals surface area contributed by atoms with Crippen LogP contribution in [0.3, 0.4) is 0 Å². The molecule has 0 bridgehead atoms. The molecule has 0 amide bonds. The van der Waals surface area contributed by atoms with Gasteiger partial charge in [-0.15, -0.1) is 0 Å². The quantitative estimate of drug-likeness (QED) is 0.413. The number of fused-ring (bicyclic) bond motifs is 5. The Morgan fingerprint density at radius 1 is 1.10 bits per heavy atom. The maximum absolute atomic E-state index is 11.0. The van der Waals surface area contributed by atoms with Crippen LogP contribution in [0, 0.1) is 40.4 Å². The fraction of sp³-hybridized carbons (Fsp3) is 0.923. The minimum absolute atomic E-state index is 0.149. The monoisotopic (exact) mass is 432 g/mol. The molecule has 3 N–H and O–H groups in total. The van der Waals surface area contributed by atoms with E-state index in [1.165, 1.54) is 24.8 Å². The number of rotatable bonds is 7. The molecular formula is C26H45BO4. The second-order valence-corrected chi connectivity index (χ2v) is 12.2. The summed E-state index contributed by atoms with van der Waals surface area (Å²) in [7, 11) is -0.306. The number of allylic oxidation sites excluding steroid dienone is 1. The molecule has 176 valence electrons. The molecule has 0 radical (unpaired) electrons. The lowest BCUT2D eigenvalue weighted by molar-refractivity contribution is -0.0916. The summed E-state index contributed by atoms with van der Waals surface area (Å²) in [5.41, 5.74) is 1.96. The summed E-state index contributed by atoms with van der Waals surface area (Å²) in [5.74, 6) is 2.97. The van der Waals surface area contributed by atoms with E-state index in [0.29, 0.717) is 23.7 Å². The van der Waals surface area contributed by atoms with Crippen LogP contribution in [0.2, 0.25) is 0 Å². The average Bonchev–Trinajstić information content (AvgIpc) is 3.07. The van der Waals surface area contributed by atoms with Gasteiger partial charge in [0.15, 0.2) is 0 Å². The molecule has 3 fully saturated rings. The highest BCUT2D eigenvalue weighted by Gasteiger charge is 2.60. The van der Waals surface area contributed by atoms with Gasteiger partial charge in [-0.1, -0.05) is 39.3 Å². The van der Waals surface area contributed by atoms with E-state index in [1.54, 1.807) is 0 Å². The van der Waals surface area contributed by atoms with Gasteiger partial charge >= 0.3 is 7.69 Å². The first-order chi connectivity index (χ1) is 14.7. The van der Waals surface area contributed by atoms with E-state index in [1.807, 2.05) is 0 Å². The van der Waals surface area contributed by atoms with Gasteiger partial charge in [-0.25, -0.2) is 0 Å². The van der Waals surface area contributed by atoms with E-state index < -0.39 is 6.10 Å². The summed E-state index contributed by atoms with van der Waals surface area (Å²) in [6.45, 7) is 9.32. The molecule has 5 heteroatoms. The molecule has 4 nitrogen and oxygen atoms in total. The van der Waals surface area contributed by atoms with E-state index in [4.69, 9.17) is 4.65 Å².